The summed E-state index contributed by atoms with van der Waals surface area (Å²) >= 11 is 0. The third-order valence-corrected chi connectivity index (χ3v) is 2.99. The minimum Gasteiger partial charge on any atom is -0.376 e. The molecule has 1 N–H and O–H groups in total. The SMILES string of the molecule is O=C1CN(CCC2COCCO2)CCCN1. The number of amides is 1. The number of carbonyl (C=O) groups excluding carboxylic acids is 1. The largest absolute Gasteiger partial charge is 0.376 e. The van der Waals surface area contributed by atoms with Crippen LogP contribution in [0.5, 0.6) is 0 Å². The predicted octanol–water partition coefficient (Wildman–Crippen LogP) is -0.386. The van der Waals surface area contributed by atoms with Gasteiger partial charge < -0.3 is 14.8 Å². The van der Waals surface area contributed by atoms with Gasteiger partial charge in [-0.15, -0.1) is 0 Å². The maximum absolute atomic E-state index is 11.3. The van der Waals surface area contributed by atoms with E-state index in [4.69, 9.17) is 9.47 Å². The van der Waals surface area contributed by atoms with Crippen molar-refractivity contribution in [2.24, 2.45) is 0 Å². The van der Waals surface area contributed by atoms with E-state index in [0.29, 0.717) is 26.4 Å². The number of hydrogen-bond donors (Lipinski definition) is 1. The smallest absolute Gasteiger partial charge is 0.234 e. The lowest BCUT2D eigenvalue weighted by Crippen LogP contribution is -2.37. The first-order chi connectivity index (χ1) is 7.84. The summed E-state index contributed by atoms with van der Waals surface area (Å²) in [6, 6.07) is 0. The van der Waals surface area contributed by atoms with E-state index in [1.807, 2.05) is 0 Å². The van der Waals surface area contributed by atoms with Gasteiger partial charge in [0.1, 0.15) is 0 Å². The summed E-state index contributed by atoms with van der Waals surface area (Å²) in [4.78, 5) is 13.5. The number of rotatable bonds is 3. The molecule has 0 radical (unpaired) electrons. The van der Waals surface area contributed by atoms with Gasteiger partial charge in [-0.05, 0) is 12.8 Å². The first-order valence-corrected chi connectivity index (χ1v) is 6.03. The van der Waals surface area contributed by atoms with Crippen molar-refractivity contribution in [1.29, 1.82) is 0 Å². The van der Waals surface area contributed by atoms with E-state index in [0.717, 1.165) is 32.5 Å². The fourth-order valence-corrected chi connectivity index (χ4v) is 2.09. The summed E-state index contributed by atoms with van der Waals surface area (Å²) in [5.74, 6) is 0.137. The number of ether oxygens (including phenoxy) is 2. The molecule has 5 nitrogen and oxygen atoms in total. The van der Waals surface area contributed by atoms with E-state index in [9.17, 15) is 4.79 Å². The van der Waals surface area contributed by atoms with Gasteiger partial charge in [0.2, 0.25) is 5.91 Å². The topological polar surface area (TPSA) is 50.8 Å². The van der Waals surface area contributed by atoms with E-state index in [1.54, 1.807) is 0 Å². The Bertz CT molecular complexity index is 229. The molecule has 92 valence electrons. The van der Waals surface area contributed by atoms with Crippen molar-refractivity contribution in [2.75, 3.05) is 46.0 Å². The second-order valence-electron chi connectivity index (χ2n) is 4.34. The van der Waals surface area contributed by atoms with Crippen LogP contribution in [0.2, 0.25) is 0 Å². The Balaban J connectivity index is 1.69. The molecule has 2 fully saturated rings. The zero-order valence-corrected chi connectivity index (χ0v) is 9.61. The summed E-state index contributed by atoms with van der Waals surface area (Å²) in [7, 11) is 0. The lowest BCUT2D eigenvalue weighted by Gasteiger charge is -2.26. The van der Waals surface area contributed by atoms with Crippen molar-refractivity contribution in [2.45, 2.75) is 18.9 Å². The van der Waals surface area contributed by atoms with Crippen LogP contribution in [0.3, 0.4) is 0 Å². The van der Waals surface area contributed by atoms with E-state index in [-0.39, 0.29) is 12.0 Å². The fraction of sp³-hybridized carbons (Fsp3) is 0.909. The molecule has 0 bridgehead atoms. The van der Waals surface area contributed by atoms with Crippen LogP contribution in [-0.4, -0.2) is 62.9 Å². The number of nitrogens with zero attached hydrogens (tertiary/aromatic N) is 1. The van der Waals surface area contributed by atoms with Crippen LogP contribution in [0.15, 0.2) is 0 Å². The molecule has 2 heterocycles. The van der Waals surface area contributed by atoms with Crippen LogP contribution in [0.25, 0.3) is 0 Å². The molecule has 1 amide bonds. The average molecular weight is 228 g/mol. The Kier molecular flexibility index (Phi) is 4.56. The molecule has 0 aromatic carbocycles. The number of hydrogen-bond acceptors (Lipinski definition) is 4. The second-order valence-corrected chi connectivity index (χ2v) is 4.34. The first-order valence-electron chi connectivity index (χ1n) is 6.03. The van der Waals surface area contributed by atoms with Gasteiger partial charge in [0.25, 0.3) is 0 Å². The quantitative estimate of drug-likeness (QED) is 0.715. The van der Waals surface area contributed by atoms with E-state index >= 15 is 0 Å². The summed E-state index contributed by atoms with van der Waals surface area (Å²) in [6.45, 7) is 5.34. The normalized spacial score (nSPS) is 28.5. The van der Waals surface area contributed by atoms with Crippen LogP contribution < -0.4 is 5.32 Å². The van der Waals surface area contributed by atoms with Gasteiger partial charge in [-0.3, -0.25) is 9.69 Å². The molecular formula is C11H20N2O3. The molecule has 16 heavy (non-hydrogen) atoms. The Morgan fingerprint density at radius 1 is 1.44 bits per heavy atom. The summed E-state index contributed by atoms with van der Waals surface area (Å²) in [6.07, 6.45) is 2.20. The van der Waals surface area contributed by atoms with Gasteiger partial charge in [0, 0.05) is 19.6 Å². The van der Waals surface area contributed by atoms with Crippen LogP contribution in [0, 0.1) is 0 Å². The van der Waals surface area contributed by atoms with Crippen LogP contribution in [-0.2, 0) is 14.3 Å². The first kappa shape index (κ1) is 11.8. The molecule has 2 rings (SSSR count). The third-order valence-electron chi connectivity index (χ3n) is 2.99. The number of nitrogens with one attached hydrogen (secondary N) is 1. The summed E-state index contributed by atoms with van der Waals surface area (Å²) in [5.41, 5.74) is 0. The molecule has 0 spiro atoms. The Morgan fingerprint density at radius 3 is 3.19 bits per heavy atom. The number of carbonyl (C=O) groups is 1. The van der Waals surface area contributed by atoms with E-state index < -0.39 is 0 Å². The monoisotopic (exact) mass is 228 g/mol. The van der Waals surface area contributed by atoms with Gasteiger partial charge in [-0.2, -0.15) is 0 Å². The van der Waals surface area contributed by atoms with E-state index in [1.165, 1.54) is 0 Å². The predicted molar refractivity (Wildman–Crippen MR) is 59.2 cm³/mol. The molecule has 2 aliphatic rings. The second kappa shape index (κ2) is 6.18. The molecule has 0 saturated carbocycles. The maximum Gasteiger partial charge on any atom is 0.234 e. The van der Waals surface area contributed by atoms with Crippen LogP contribution in [0.4, 0.5) is 0 Å². The molecular weight excluding hydrogens is 208 g/mol. The highest BCUT2D eigenvalue weighted by Gasteiger charge is 2.18. The van der Waals surface area contributed by atoms with Crippen molar-refractivity contribution in [3.63, 3.8) is 0 Å². The highest BCUT2D eigenvalue weighted by molar-refractivity contribution is 5.78. The molecule has 1 unspecified atom stereocenters. The van der Waals surface area contributed by atoms with Gasteiger partial charge >= 0.3 is 0 Å². The molecule has 2 saturated heterocycles. The molecule has 5 heteroatoms. The molecule has 1 atom stereocenters. The zero-order chi connectivity index (χ0) is 11.2. The highest BCUT2D eigenvalue weighted by Crippen LogP contribution is 2.07. The minimum absolute atomic E-state index is 0.137. The maximum atomic E-state index is 11.3. The van der Waals surface area contributed by atoms with Gasteiger partial charge in [0.15, 0.2) is 0 Å². The van der Waals surface area contributed by atoms with E-state index in [2.05, 4.69) is 10.2 Å². The highest BCUT2D eigenvalue weighted by atomic mass is 16.6. The summed E-state index contributed by atoms with van der Waals surface area (Å²) < 4.78 is 10.9. The van der Waals surface area contributed by atoms with Crippen molar-refractivity contribution in [3.05, 3.63) is 0 Å². The lowest BCUT2D eigenvalue weighted by atomic mass is 10.2. The molecule has 0 aliphatic carbocycles. The fourth-order valence-electron chi connectivity index (χ4n) is 2.09. The van der Waals surface area contributed by atoms with Crippen molar-refractivity contribution >= 4 is 5.91 Å². The average Bonchev–Trinajstić information content (AvgIpc) is 2.52. The molecule has 0 aromatic heterocycles. The van der Waals surface area contributed by atoms with Crippen molar-refractivity contribution in [3.8, 4) is 0 Å². The van der Waals surface area contributed by atoms with Crippen LogP contribution >= 0.6 is 0 Å². The minimum atomic E-state index is 0.137. The summed E-state index contributed by atoms with van der Waals surface area (Å²) in [5, 5.41) is 2.88. The van der Waals surface area contributed by atoms with Crippen molar-refractivity contribution < 1.29 is 14.3 Å². The Labute approximate surface area is 96.1 Å². The van der Waals surface area contributed by atoms with Crippen LogP contribution in [0.1, 0.15) is 12.8 Å². The van der Waals surface area contributed by atoms with Crippen molar-refractivity contribution in [1.82, 2.24) is 10.2 Å². The Morgan fingerprint density at radius 2 is 2.38 bits per heavy atom. The van der Waals surface area contributed by atoms with Gasteiger partial charge in [0.05, 0.1) is 32.5 Å². The van der Waals surface area contributed by atoms with Gasteiger partial charge in [-0.1, -0.05) is 0 Å². The van der Waals surface area contributed by atoms with Gasteiger partial charge in [-0.25, -0.2) is 0 Å². The third kappa shape index (κ3) is 3.73. The zero-order valence-electron chi connectivity index (χ0n) is 9.61. The molecule has 2 aliphatic heterocycles. The standard InChI is InChI=1S/C11H20N2O3/c14-11-8-13(4-1-3-12-11)5-2-10-9-15-6-7-16-10/h10H,1-9H2,(H,12,14). The molecule has 0 aromatic rings. The Hall–Kier alpha value is -0.650. The lowest BCUT2D eigenvalue weighted by molar-refractivity contribution is -0.121.